The van der Waals surface area contributed by atoms with Gasteiger partial charge in [0.2, 0.25) is 5.82 Å². The summed E-state index contributed by atoms with van der Waals surface area (Å²) >= 11 is 1.69. The lowest BCUT2D eigenvalue weighted by atomic mass is 10.0. The number of aliphatic hydroxyl groups excluding tert-OH is 1. The molecule has 166 valence electrons. The van der Waals surface area contributed by atoms with Gasteiger partial charge in [0.05, 0.1) is 10.2 Å². The summed E-state index contributed by atoms with van der Waals surface area (Å²) in [5.41, 5.74) is 1.02. The molecule has 2 aromatic carbocycles. The van der Waals surface area contributed by atoms with Crippen LogP contribution in [0.15, 0.2) is 36.4 Å². The Labute approximate surface area is 183 Å². The number of aromatic hydroxyl groups is 1. The van der Waals surface area contributed by atoms with E-state index in [0.717, 1.165) is 48.7 Å². The number of ether oxygens (including phenoxy) is 1. The van der Waals surface area contributed by atoms with Crippen LogP contribution in [-0.4, -0.2) is 65.5 Å². The molecule has 0 amide bonds. The van der Waals surface area contributed by atoms with Crippen LogP contribution in [0.25, 0.3) is 10.2 Å². The van der Waals surface area contributed by atoms with Crippen molar-refractivity contribution in [3.05, 3.63) is 48.0 Å². The molecular formula is C22H25F2N3O3S. The van der Waals surface area contributed by atoms with E-state index in [2.05, 4.69) is 22.9 Å². The maximum Gasteiger partial charge on any atom is 0.204 e. The van der Waals surface area contributed by atoms with Crippen LogP contribution in [0.2, 0.25) is 0 Å². The fourth-order valence-electron chi connectivity index (χ4n) is 3.83. The highest BCUT2D eigenvalue weighted by Crippen LogP contribution is 2.32. The first-order valence-corrected chi connectivity index (χ1v) is 11.0. The first-order valence-electron chi connectivity index (χ1n) is 10.2. The molecule has 0 bridgehead atoms. The molecule has 0 unspecified atom stereocenters. The number of phenols is 1. The van der Waals surface area contributed by atoms with Crippen LogP contribution in [0.4, 0.5) is 13.9 Å². The molecule has 6 nitrogen and oxygen atoms in total. The molecule has 2 heterocycles. The number of aromatic nitrogens is 1. The molecule has 1 saturated heterocycles. The Balaban J connectivity index is 1.25. The zero-order valence-corrected chi connectivity index (χ0v) is 18.0. The summed E-state index contributed by atoms with van der Waals surface area (Å²) in [5, 5.41) is 20.9. The maximum atomic E-state index is 13.4. The van der Waals surface area contributed by atoms with Crippen molar-refractivity contribution in [2.24, 2.45) is 0 Å². The third-order valence-corrected chi connectivity index (χ3v) is 6.75. The molecule has 0 spiro atoms. The van der Waals surface area contributed by atoms with Crippen molar-refractivity contribution in [1.29, 1.82) is 0 Å². The molecule has 1 aromatic heterocycles. The van der Waals surface area contributed by atoms with Crippen molar-refractivity contribution < 1.29 is 23.7 Å². The number of aliphatic hydroxyl groups is 1. The molecule has 4 rings (SSSR count). The number of nitrogens with zero attached hydrogens (tertiary/aromatic N) is 3. The molecule has 1 fully saturated rings. The second-order valence-electron chi connectivity index (χ2n) is 7.78. The Morgan fingerprint density at radius 3 is 2.71 bits per heavy atom. The highest BCUT2D eigenvalue weighted by atomic mass is 32.1. The monoisotopic (exact) mass is 449 g/mol. The van der Waals surface area contributed by atoms with Gasteiger partial charge in [-0.1, -0.05) is 23.5 Å². The van der Waals surface area contributed by atoms with Crippen LogP contribution in [0.3, 0.4) is 0 Å². The summed E-state index contributed by atoms with van der Waals surface area (Å²) < 4.78 is 32.9. The van der Waals surface area contributed by atoms with Gasteiger partial charge in [-0.15, -0.1) is 0 Å². The number of likely N-dealkylation sites (tertiary alicyclic amines) is 1. The fraction of sp³-hybridized carbons (Fsp3) is 0.409. The Morgan fingerprint density at radius 2 is 1.97 bits per heavy atom. The highest BCUT2D eigenvalue weighted by molar-refractivity contribution is 7.22. The first kappa shape index (κ1) is 21.7. The predicted octanol–water partition coefficient (Wildman–Crippen LogP) is 3.62. The molecule has 1 atom stereocenters. The minimum absolute atomic E-state index is 0.121. The van der Waals surface area contributed by atoms with Crippen molar-refractivity contribution in [2.45, 2.75) is 25.0 Å². The number of hydrogen-bond donors (Lipinski definition) is 2. The minimum atomic E-state index is -1.36. The molecule has 1 aliphatic heterocycles. The second kappa shape index (κ2) is 9.33. The van der Waals surface area contributed by atoms with E-state index in [-0.39, 0.29) is 12.4 Å². The lowest BCUT2D eigenvalue weighted by Crippen LogP contribution is -2.46. The van der Waals surface area contributed by atoms with Crippen LogP contribution < -0.4 is 9.64 Å². The predicted molar refractivity (Wildman–Crippen MR) is 117 cm³/mol. The summed E-state index contributed by atoms with van der Waals surface area (Å²) in [6.07, 6.45) is 1.08. The van der Waals surface area contributed by atoms with Gasteiger partial charge in [0.1, 0.15) is 12.7 Å². The van der Waals surface area contributed by atoms with Gasteiger partial charge in [0.25, 0.3) is 0 Å². The van der Waals surface area contributed by atoms with E-state index in [9.17, 15) is 19.0 Å². The Morgan fingerprint density at radius 1 is 1.23 bits per heavy atom. The van der Waals surface area contributed by atoms with E-state index in [1.807, 2.05) is 18.2 Å². The Kier molecular flexibility index (Phi) is 6.54. The summed E-state index contributed by atoms with van der Waals surface area (Å²) in [6.45, 7) is 1.94. The summed E-state index contributed by atoms with van der Waals surface area (Å²) in [7, 11) is 2.08. The average molecular weight is 450 g/mol. The topological polar surface area (TPSA) is 69.1 Å². The summed E-state index contributed by atoms with van der Waals surface area (Å²) in [5.74, 6) is -3.57. The van der Waals surface area contributed by atoms with Crippen molar-refractivity contribution in [3.63, 3.8) is 0 Å². The number of halogens is 2. The van der Waals surface area contributed by atoms with Crippen LogP contribution in [0, 0.1) is 11.6 Å². The van der Waals surface area contributed by atoms with Gasteiger partial charge in [-0.05, 0) is 37.1 Å². The molecule has 0 radical (unpaired) electrons. The average Bonchev–Trinajstić information content (AvgIpc) is 3.21. The molecule has 1 aliphatic rings. The molecule has 3 aromatic rings. The molecule has 31 heavy (non-hydrogen) atoms. The normalized spacial score (nSPS) is 16.5. The number of rotatable bonds is 7. The molecule has 9 heteroatoms. The number of phenolic OH excluding ortho intramolecular Hbond substituents is 1. The van der Waals surface area contributed by atoms with Gasteiger partial charge < -0.3 is 24.7 Å². The number of para-hydroxylation sites is 1. The van der Waals surface area contributed by atoms with E-state index in [4.69, 9.17) is 9.72 Å². The minimum Gasteiger partial charge on any atom is -0.502 e. The third kappa shape index (κ3) is 4.89. The molecule has 0 saturated carbocycles. The van der Waals surface area contributed by atoms with Gasteiger partial charge in [-0.25, -0.2) is 9.37 Å². The van der Waals surface area contributed by atoms with E-state index >= 15 is 0 Å². The van der Waals surface area contributed by atoms with Crippen LogP contribution >= 0.6 is 11.3 Å². The van der Waals surface area contributed by atoms with Crippen LogP contribution in [-0.2, 0) is 0 Å². The van der Waals surface area contributed by atoms with Crippen molar-refractivity contribution in [3.8, 4) is 11.5 Å². The number of fused-ring (bicyclic) bond motifs is 1. The lowest BCUT2D eigenvalue weighted by Gasteiger charge is -2.37. The molecule has 0 aliphatic carbocycles. The fourth-order valence-corrected chi connectivity index (χ4v) is 4.83. The Bertz CT molecular complexity index is 1010. The third-order valence-electron chi connectivity index (χ3n) is 5.62. The number of benzene rings is 2. The van der Waals surface area contributed by atoms with Crippen LogP contribution in [0.5, 0.6) is 11.5 Å². The van der Waals surface area contributed by atoms with Gasteiger partial charge >= 0.3 is 0 Å². The number of hydrogen-bond acceptors (Lipinski definition) is 7. The number of β-amino-alcohol motifs (C(OH)–C–C–N with tert-alkyl or cyclic N) is 1. The zero-order valence-electron chi connectivity index (χ0n) is 17.2. The van der Waals surface area contributed by atoms with Crippen molar-refractivity contribution >= 4 is 26.7 Å². The number of piperidine rings is 1. The standard InChI is InChI=1S/C22H25F2N3O3S/c1-26(22-25-17-4-2-3-5-19(17)31-22)14-8-10-27(11-9-14)12-15(28)13-30-18-7-6-16(23)20(24)21(18)29/h2-7,14-15,28-29H,8-13H2,1H3/t15-/m0/s1. The summed E-state index contributed by atoms with van der Waals surface area (Å²) in [6, 6.07) is 10.5. The number of anilines is 1. The van der Waals surface area contributed by atoms with Gasteiger partial charge in [-0.2, -0.15) is 4.39 Å². The van der Waals surface area contributed by atoms with Crippen LogP contribution in [0.1, 0.15) is 12.8 Å². The quantitative estimate of drug-likeness (QED) is 0.574. The number of thiazole rings is 1. The molecule has 2 N–H and O–H groups in total. The van der Waals surface area contributed by atoms with Gasteiger partial charge in [0.15, 0.2) is 22.4 Å². The lowest BCUT2D eigenvalue weighted by molar-refractivity contribution is 0.0584. The Hall–Kier alpha value is -2.49. The van der Waals surface area contributed by atoms with E-state index in [0.29, 0.717) is 12.6 Å². The first-order chi connectivity index (χ1) is 14.9. The van der Waals surface area contributed by atoms with Gasteiger partial charge in [0, 0.05) is 32.7 Å². The van der Waals surface area contributed by atoms with Gasteiger partial charge in [-0.3, -0.25) is 0 Å². The largest absolute Gasteiger partial charge is 0.502 e. The highest BCUT2D eigenvalue weighted by Gasteiger charge is 2.26. The smallest absolute Gasteiger partial charge is 0.204 e. The van der Waals surface area contributed by atoms with Crippen molar-refractivity contribution in [2.75, 3.05) is 38.2 Å². The van der Waals surface area contributed by atoms with E-state index < -0.39 is 23.5 Å². The second-order valence-corrected chi connectivity index (χ2v) is 8.79. The van der Waals surface area contributed by atoms with E-state index in [1.54, 1.807) is 11.3 Å². The zero-order chi connectivity index (χ0) is 22.0. The summed E-state index contributed by atoms with van der Waals surface area (Å²) in [4.78, 5) is 9.13. The van der Waals surface area contributed by atoms with Crippen molar-refractivity contribution in [1.82, 2.24) is 9.88 Å². The maximum absolute atomic E-state index is 13.4. The molecular weight excluding hydrogens is 424 g/mol. The van der Waals surface area contributed by atoms with E-state index in [1.165, 1.54) is 4.70 Å². The SMILES string of the molecule is CN(c1nc2ccccc2s1)C1CCN(C[C@H](O)COc2ccc(F)c(F)c2O)CC1.